The molecule has 3 N–H and O–H groups in total. The Labute approximate surface area is 183 Å². The zero-order valence-corrected chi connectivity index (χ0v) is 17.8. The van der Waals surface area contributed by atoms with Crippen molar-refractivity contribution in [1.82, 2.24) is 9.97 Å². The van der Waals surface area contributed by atoms with Gasteiger partial charge in [0.1, 0.15) is 22.5 Å². The number of fused-ring (bicyclic) bond motifs is 1. The first kappa shape index (κ1) is 21.8. The van der Waals surface area contributed by atoms with Gasteiger partial charge in [-0.1, -0.05) is 43.3 Å². The Hall–Kier alpha value is -3.43. The predicted octanol–water partition coefficient (Wildman–Crippen LogP) is 4.48. The highest BCUT2D eigenvalue weighted by atomic mass is 32.2. The van der Waals surface area contributed by atoms with E-state index in [0.717, 1.165) is 23.3 Å². The van der Waals surface area contributed by atoms with E-state index in [4.69, 9.17) is 5.14 Å². The molecule has 0 spiro atoms. The van der Waals surface area contributed by atoms with Crippen LogP contribution in [0.2, 0.25) is 0 Å². The molecule has 2 heterocycles. The molecule has 0 saturated heterocycles. The van der Waals surface area contributed by atoms with E-state index in [1.165, 1.54) is 13.1 Å². The third-order valence-electron chi connectivity index (χ3n) is 5.35. The number of pyridine rings is 1. The highest BCUT2D eigenvalue weighted by Crippen LogP contribution is 2.32. The fourth-order valence-electron chi connectivity index (χ4n) is 3.77. The van der Waals surface area contributed by atoms with E-state index in [0.29, 0.717) is 11.0 Å². The summed E-state index contributed by atoms with van der Waals surface area (Å²) >= 11 is 0. The number of nitrogens with zero attached hydrogens (tertiary/aromatic N) is 1. The normalized spacial score (nSPS) is 12.8. The lowest BCUT2D eigenvalue weighted by molar-refractivity contribution is 0.103. The van der Waals surface area contributed by atoms with E-state index in [-0.39, 0.29) is 17.5 Å². The van der Waals surface area contributed by atoms with E-state index < -0.39 is 38.3 Å². The molecule has 1 atom stereocenters. The van der Waals surface area contributed by atoms with Crippen molar-refractivity contribution in [1.29, 1.82) is 0 Å². The second-order valence-corrected chi connectivity index (χ2v) is 9.08. The lowest BCUT2D eigenvalue weighted by Gasteiger charge is -2.16. The first-order valence-corrected chi connectivity index (χ1v) is 11.4. The van der Waals surface area contributed by atoms with E-state index >= 15 is 4.39 Å². The van der Waals surface area contributed by atoms with Gasteiger partial charge < -0.3 is 4.98 Å². The first-order chi connectivity index (χ1) is 15.2. The van der Waals surface area contributed by atoms with Crippen molar-refractivity contribution in [3.05, 3.63) is 89.2 Å². The zero-order chi connectivity index (χ0) is 23.0. The van der Waals surface area contributed by atoms with Crippen molar-refractivity contribution >= 4 is 26.8 Å². The van der Waals surface area contributed by atoms with Crippen molar-refractivity contribution in [3.8, 4) is 11.1 Å². The van der Waals surface area contributed by atoms with Gasteiger partial charge in [-0.25, -0.2) is 27.3 Å². The van der Waals surface area contributed by atoms with Gasteiger partial charge in [0.15, 0.2) is 0 Å². The monoisotopic (exact) mass is 455 g/mol. The van der Waals surface area contributed by atoms with Crippen molar-refractivity contribution in [2.45, 2.75) is 18.6 Å². The molecule has 32 heavy (non-hydrogen) atoms. The number of aromatic amines is 1. The summed E-state index contributed by atoms with van der Waals surface area (Å²) in [5, 5.41) is 4.20. The van der Waals surface area contributed by atoms with Crippen LogP contribution in [-0.4, -0.2) is 24.2 Å². The Morgan fingerprint density at radius 3 is 2.50 bits per heavy atom. The molecular formula is C23H19F2N3O3S. The number of benzene rings is 2. The van der Waals surface area contributed by atoms with Crippen LogP contribution in [0.15, 0.2) is 60.9 Å². The molecule has 2 aromatic carbocycles. The molecule has 0 fully saturated rings. The summed E-state index contributed by atoms with van der Waals surface area (Å²) in [4.78, 5) is 20.4. The molecule has 1 unspecified atom stereocenters. The third kappa shape index (κ3) is 3.80. The molecule has 0 aliphatic carbocycles. The number of hydrogen-bond donors (Lipinski definition) is 2. The van der Waals surface area contributed by atoms with Gasteiger partial charge in [-0.2, -0.15) is 0 Å². The fourth-order valence-corrected chi connectivity index (χ4v) is 4.77. The minimum atomic E-state index is -4.16. The van der Waals surface area contributed by atoms with E-state index in [9.17, 15) is 17.6 Å². The topological polar surface area (TPSA) is 106 Å². The molecule has 9 heteroatoms. The highest BCUT2D eigenvalue weighted by Gasteiger charge is 2.30. The van der Waals surface area contributed by atoms with Gasteiger partial charge in [-0.05, 0) is 24.1 Å². The number of nitrogens with one attached hydrogen (secondary N) is 1. The molecular weight excluding hydrogens is 436 g/mol. The van der Waals surface area contributed by atoms with Crippen LogP contribution in [0, 0.1) is 11.6 Å². The summed E-state index contributed by atoms with van der Waals surface area (Å²) in [7, 11) is -4.16. The maximum absolute atomic E-state index is 15.3. The SMILES string of the molecule is CCC(c1ccc(F)c(C(=O)c2c[nH]c3ncc(-c4ccccc4)cc23)c1F)S(N)(=O)=O. The Bertz CT molecular complexity index is 1430. The Morgan fingerprint density at radius 2 is 1.84 bits per heavy atom. The van der Waals surface area contributed by atoms with Crippen LogP contribution in [0.4, 0.5) is 8.78 Å². The number of hydrogen-bond acceptors (Lipinski definition) is 4. The van der Waals surface area contributed by atoms with Crippen LogP contribution < -0.4 is 5.14 Å². The molecule has 0 amide bonds. The Balaban J connectivity index is 1.86. The molecule has 2 aromatic heterocycles. The van der Waals surface area contributed by atoms with Crippen LogP contribution in [0.5, 0.6) is 0 Å². The number of carbonyl (C=O) groups excluding carboxylic acids is 1. The summed E-state index contributed by atoms with van der Waals surface area (Å²) in [6.07, 6.45) is 2.92. The van der Waals surface area contributed by atoms with Gasteiger partial charge in [0.05, 0.1) is 5.56 Å². The number of halogens is 2. The predicted molar refractivity (Wildman–Crippen MR) is 117 cm³/mol. The molecule has 0 bridgehead atoms. The number of primary sulfonamides is 1. The molecule has 164 valence electrons. The van der Waals surface area contributed by atoms with Gasteiger partial charge in [-0.15, -0.1) is 0 Å². The van der Waals surface area contributed by atoms with Gasteiger partial charge in [0.2, 0.25) is 15.8 Å². The number of nitrogens with two attached hydrogens (primary N) is 1. The summed E-state index contributed by atoms with van der Waals surface area (Å²) < 4.78 is 53.6. The summed E-state index contributed by atoms with van der Waals surface area (Å²) in [5.74, 6) is -3.26. The Kier molecular flexibility index (Phi) is 5.62. The van der Waals surface area contributed by atoms with E-state index in [1.807, 2.05) is 30.3 Å². The number of sulfonamides is 1. The first-order valence-electron chi connectivity index (χ1n) is 9.79. The molecule has 0 aliphatic rings. The zero-order valence-electron chi connectivity index (χ0n) is 17.0. The number of aromatic nitrogens is 2. The lowest BCUT2D eigenvalue weighted by Crippen LogP contribution is -2.23. The smallest absolute Gasteiger partial charge is 0.216 e. The standard InChI is InChI=1S/C23H19F2N3O3S/c1-2-19(32(26,30)31)15-8-9-18(24)20(21(15)25)22(29)17-12-28-23-16(17)10-14(11-27-23)13-6-4-3-5-7-13/h3-12,19H,2H2,1H3,(H,27,28)(H2,26,30,31). The van der Waals surface area contributed by atoms with Crippen LogP contribution in [0.25, 0.3) is 22.2 Å². The summed E-state index contributed by atoms with van der Waals surface area (Å²) in [5.41, 5.74) is 0.796. The lowest BCUT2D eigenvalue weighted by atomic mass is 9.97. The highest BCUT2D eigenvalue weighted by molar-refractivity contribution is 7.89. The minimum absolute atomic E-state index is 0.0175. The van der Waals surface area contributed by atoms with Crippen LogP contribution >= 0.6 is 0 Å². The molecule has 4 rings (SSSR count). The van der Waals surface area contributed by atoms with Crippen molar-refractivity contribution in [3.63, 3.8) is 0 Å². The number of carbonyl (C=O) groups is 1. The van der Waals surface area contributed by atoms with Gasteiger partial charge in [-0.3, -0.25) is 4.79 Å². The van der Waals surface area contributed by atoms with Crippen LogP contribution in [0.1, 0.15) is 40.1 Å². The summed E-state index contributed by atoms with van der Waals surface area (Å²) in [6.45, 7) is 1.51. The van der Waals surface area contributed by atoms with E-state index in [1.54, 1.807) is 12.3 Å². The Morgan fingerprint density at radius 1 is 1.12 bits per heavy atom. The molecule has 0 aliphatic heterocycles. The minimum Gasteiger partial charge on any atom is -0.345 e. The maximum Gasteiger partial charge on any atom is 0.216 e. The van der Waals surface area contributed by atoms with Crippen LogP contribution in [-0.2, 0) is 10.0 Å². The number of H-pyrrole nitrogens is 1. The van der Waals surface area contributed by atoms with Gasteiger partial charge >= 0.3 is 0 Å². The number of rotatable bonds is 6. The second-order valence-electron chi connectivity index (χ2n) is 7.33. The average Bonchev–Trinajstić information content (AvgIpc) is 3.19. The van der Waals surface area contributed by atoms with Crippen molar-refractivity contribution in [2.75, 3.05) is 0 Å². The average molecular weight is 455 g/mol. The fraction of sp³-hybridized carbons (Fsp3) is 0.130. The van der Waals surface area contributed by atoms with Gasteiger partial charge in [0, 0.05) is 34.5 Å². The van der Waals surface area contributed by atoms with Crippen molar-refractivity contribution in [2.24, 2.45) is 5.14 Å². The van der Waals surface area contributed by atoms with E-state index in [2.05, 4.69) is 9.97 Å². The third-order valence-corrected chi connectivity index (χ3v) is 6.73. The summed E-state index contributed by atoms with van der Waals surface area (Å²) in [6, 6.07) is 12.9. The van der Waals surface area contributed by atoms with Gasteiger partial charge in [0.25, 0.3) is 0 Å². The van der Waals surface area contributed by atoms with Crippen molar-refractivity contribution < 1.29 is 22.0 Å². The maximum atomic E-state index is 15.3. The second kappa shape index (κ2) is 8.25. The number of ketones is 1. The molecule has 6 nitrogen and oxygen atoms in total. The molecule has 4 aromatic rings. The van der Waals surface area contributed by atoms with Crippen LogP contribution in [0.3, 0.4) is 0 Å². The largest absolute Gasteiger partial charge is 0.345 e. The molecule has 0 radical (unpaired) electrons. The molecule has 0 saturated carbocycles. The quantitative estimate of drug-likeness (QED) is 0.418.